The van der Waals surface area contributed by atoms with E-state index in [0.717, 1.165) is 12.0 Å². The molecule has 2 heteroatoms. The Kier molecular flexibility index (Phi) is 2.93. The Morgan fingerprint density at radius 1 is 1.17 bits per heavy atom. The van der Waals surface area contributed by atoms with Crippen molar-refractivity contribution in [3.05, 3.63) is 35.6 Å². The van der Waals surface area contributed by atoms with E-state index >= 15 is 0 Å². The predicted molar refractivity (Wildman–Crippen MR) is 72.1 cm³/mol. The first-order valence-electron chi connectivity index (χ1n) is 7.19. The SMILES string of the molecule is CCCC12CCC(Cc3cccc(F)c3)(CC1)N2. The maximum absolute atomic E-state index is 13.3. The van der Waals surface area contributed by atoms with Crippen LogP contribution in [0.2, 0.25) is 0 Å². The second-order valence-corrected chi connectivity index (χ2v) is 6.24. The highest BCUT2D eigenvalue weighted by atomic mass is 19.1. The van der Waals surface area contributed by atoms with Gasteiger partial charge in [-0.2, -0.15) is 0 Å². The zero-order valence-electron chi connectivity index (χ0n) is 11.1. The monoisotopic (exact) mass is 247 g/mol. The third-order valence-electron chi connectivity index (χ3n) is 4.85. The van der Waals surface area contributed by atoms with E-state index in [2.05, 4.69) is 18.3 Å². The molecule has 2 bridgehead atoms. The van der Waals surface area contributed by atoms with E-state index in [4.69, 9.17) is 0 Å². The van der Waals surface area contributed by atoms with Crippen LogP contribution in [0.15, 0.2) is 24.3 Å². The maximum Gasteiger partial charge on any atom is 0.123 e. The summed E-state index contributed by atoms with van der Waals surface area (Å²) in [7, 11) is 0. The van der Waals surface area contributed by atoms with Crippen LogP contribution in [0.4, 0.5) is 4.39 Å². The van der Waals surface area contributed by atoms with Gasteiger partial charge in [0, 0.05) is 11.1 Å². The quantitative estimate of drug-likeness (QED) is 0.852. The average Bonchev–Trinajstić information content (AvgIpc) is 2.84. The van der Waals surface area contributed by atoms with Crippen molar-refractivity contribution in [2.75, 3.05) is 0 Å². The molecule has 2 aliphatic heterocycles. The first-order valence-corrected chi connectivity index (χ1v) is 7.19. The van der Waals surface area contributed by atoms with Crippen molar-refractivity contribution in [3.63, 3.8) is 0 Å². The zero-order valence-corrected chi connectivity index (χ0v) is 11.1. The molecule has 2 fully saturated rings. The van der Waals surface area contributed by atoms with Crippen LogP contribution in [0.1, 0.15) is 51.0 Å². The summed E-state index contributed by atoms with van der Waals surface area (Å²) in [4.78, 5) is 0. The number of hydrogen-bond acceptors (Lipinski definition) is 1. The molecule has 0 unspecified atom stereocenters. The van der Waals surface area contributed by atoms with Gasteiger partial charge in [0.05, 0.1) is 0 Å². The highest BCUT2D eigenvalue weighted by Gasteiger charge is 2.52. The number of fused-ring (bicyclic) bond motifs is 2. The molecule has 0 saturated carbocycles. The molecule has 1 aromatic carbocycles. The smallest absolute Gasteiger partial charge is 0.123 e. The molecule has 1 nitrogen and oxygen atoms in total. The molecule has 0 aliphatic carbocycles. The number of rotatable bonds is 4. The molecule has 1 N–H and O–H groups in total. The Balaban J connectivity index is 1.75. The summed E-state index contributed by atoms with van der Waals surface area (Å²) in [5.74, 6) is -0.111. The predicted octanol–water partition coefficient (Wildman–Crippen LogP) is 3.82. The minimum absolute atomic E-state index is 0.111. The molecule has 0 aromatic heterocycles. The fraction of sp³-hybridized carbons (Fsp3) is 0.625. The Bertz CT molecular complexity index is 432. The molecule has 2 saturated heterocycles. The van der Waals surface area contributed by atoms with Gasteiger partial charge in [0.15, 0.2) is 0 Å². The molecule has 3 rings (SSSR count). The molecule has 2 heterocycles. The molecule has 0 atom stereocenters. The Morgan fingerprint density at radius 3 is 2.56 bits per heavy atom. The van der Waals surface area contributed by atoms with E-state index in [1.165, 1.54) is 44.6 Å². The highest BCUT2D eigenvalue weighted by Crippen LogP contribution is 2.48. The lowest BCUT2D eigenvalue weighted by Crippen LogP contribution is -2.43. The molecule has 18 heavy (non-hydrogen) atoms. The van der Waals surface area contributed by atoms with E-state index in [-0.39, 0.29) is 11.4 Å². The number of halogens is 1. The molecule has 0 amide bonds. The van der Waals surface area contributed by atoms with Crippen molar-refractivity contribution in [1.29, 1.82) is 0 Å². The molecule has 0 spiro atoms. The first-order chi connectivity index (χ1) is 8.65. The minimum Gasteiger partial charge on any atom is -0.305 e. The lowest BCUT2D eigenvalue weighted by Gasteiger charge is -2.26. The summed E-state index contributed by atoms with van der Waals surface area (Å²) in [6.07, 6.45) is 8.64. The number of nitrogens with one attached hydrogen (secondary N) is 1. The van der Waals surface area contributed by atoms with Crippen molar-refractivity contribution in [3.8, 4) is 0 Å². The van der Waals surface area contributed by atoms with E-state index in [0.29, 0.717) is 5.54 Å². The van der Waals surface area contributed by atoms with Gasteiger partial charge >= 0.3 is 0 Å². The zero-order chi connectivity index (χ0) is 12.6. The molecule has 98 valence electrons. The van der Waals surface area contributed by atoms with Gasteiger partial charge in [-0.1, -0.05) is 25.5 Å². The van der Waals surface area contributed by atoms with Crippen LogP contribution in [0, 0.1) is 5.82 Å². The largest absolute Gasteiger partial charge is 0.305 e. The van der Waals surface area contributed by atoms with Gasteiger partial charge in [-0.25, -0.2) is 4.39 Å². The van der Waals surface area contributed by atoms with E-state index in [1.54, 1.807) is 6.07 Å². The minimum atomic E-state index is -0.111. The summed E-state index contributed by atoms with van der Waals surface area (Å²) in [5.41, 5.74) is 1.79. The lowest BCUT2D eigenvalue weighted by atomic mass is 9.78. The van der Waals surface area contributed by atoms with Gasteiger partial charge in [0.25, 0.3) is 0 Å². The van der Waals surface area contributed by atoms with E-state index in [1.807, 2.05) is 6.07 Å². The Hall–Kier alpha value is -0.890. The van der Waals surface area contributed by atoms with Crippen LogP contribution in [-0.2, 0) is 6.42 Å². The molecular weight excluding hydrogens is 225 g/mol. The van der Waals surface area contributed by atoms with Gasteiger partial charge < -0.3 is 5.32 Å². The van der Waals surface area contributed by atoms with Crippen LogP contribution < -0.4 is 5.32 Å². The van der Waals surface area contributed by atoms with Crippen molar-refractivity contribution in [2.24, 2.45) is 0 Å². The number of benzene rings is 1. The Morgan fingerprint density at radius 2 is 1.89 bits per heavy atom. The van der Waals surface area contributed by atoms with Crippen LogP contribution >= 0.6 is 0 Å². The summed E-state index contributed by atoms with van der Waals surface area (Å²) in [6, 6.07) is 7.09. The van der Waals surface area contributed by atoms with Crippen LogP contribution in [0.5, 0.6) is 0 Å². The maximum atomic E-state index is 13.3. The van der Waals surface area contributed by atoms with Crippen molar-refractivity contribution in [2.45, 2.75) is 62.9 Å². The average molecular weight is 247 g/mol. The van der Waals surface area contributed by atoms with E-state index < -0.39 is 0 Å². The summed E-state index contributed by atoms with van der Waals surface area (Å²) in [5, 5.41) is 3.90. The topological polar surface area (TPSA) is 12.0 Å². The standard InChI is InChI=1S/C16H22FN/c1-2-6-15-7-9-16(18-15,10-8-15)12-13-4-3-5-14(17)11-13/h3-5,11,18H,2,6-10,12H2,1H3. The van der Waals surface area contributed by atoms with Gasteiger partial charge in [-0.3, -0.25) is 0 Å². The fourth-order valence-electron chi connectivity index (χ4n) is 4.07. The summed E-state index contributed by atoms with van der Waals surface area (Å²) < 4.78 is 13.3. The van der Waals surface area contributed by atoms with Crippen molar-refractivity contribution < 1.29 is 4.39 Å². The lowest BCUT2D eigenvalue weighted by molar-refractivity contribution is 0.354. The first kappa shape index (κ1) is 12.2. The fourth-order valence-corrected chi connectivity index (χ4v) is 4.07. The number of hydrogen-bond donors (Lipinski definition) is 1. The van der Waals surface area contributed by atoms with Gasteiger partial charge in [0.1, 0.15) is 5.82 Å². The third-order valence-corrected chi connectivity index (χ3v) is 4.85. The van der Waals surface area contributed by atoms with Crippen LogP contribution in [0.25, 0.3) is 0 Å². The second-order valence-electron chi connectivity index (χ2n) is 6.24. The molecule has 1 aromatic rings. The molecule has 0 radical (unpaired) electrons. The van der Waals surface area contributed by atoms with Crippen LogP contribution in [0.3, 0.4) is 0 Å². The molecular formula is C16H22FN. The van der Waals surface area contributed by atoms with Gasteiger partial charge in [0.2, 0.25) is 0 Å². The van der Waals surface area contributed by atoms with Gasteiger partial charge in [-0.05, 0) is 56.2 Å². The molecule has 2 aliphatic rings. The van der Waals surface area contributed by atoms with Crippen molar-refractivity contribution >= 4 is 0 Å². The second kappa shape index (κ2) is 4.34. The Labute approximate surface area is 109 Å². The van der Waals surface area contributed by atoms with Crippen molar-refractivity contribution in [1.82, 2.24) is 5.32 Å². The van der Waals surface area contributed by atoms with Crippen LogP contribution in [-0.4, -0.2) is 11.1 Å². The summed E-state index contributed by atoms with van der Waals surface area (Å²) in [6.45, 7) is 2.27. The third kappa shape index (κ3) is 2.07. The van der Waals surface area contributed by atoms with E-state index in [9.17, 15) is 4.39 Å². The highest BCUT2D eigenvalue weighted by molar-refractivity contribution is 5.23. The summed E-state index contributed by atoms with van der Waals surface area (Å²) >= 11 is 0. The van der Waals surface area contributed by atoms with Gasteiger partial charge in [-0.15, -0.1) is 0 Å². The normalized spacial score (nSPS) is 34.1.